The number of carbonyl (C=O) groups is 1. The molecule has 0 aromatic rings. The van der Waals surface area contributed by atoms with Gasteiger partial charge in [-0.25, -0.2) is 4.79 Å². The quantitative estimate of drug-likeness (QED) is 0.451. The summed E-state index contributed by atoms with van der Waals surface area (Å²) in [5.74, 6) is -3.93. The molecular formula is C12H10F6O2. The first-order valence-electron chi connectivity index (χ1n) is 5.31. The van der Waals surface area contributed by atoms with Crippen molar-refractivity contribution in [3.05, 3.63) is 36.5 Å². The SMILES string of the molecule is C=C(C)C(=O)OC(C1C=CC=C1)(C(F)(F)F)C(F)(F)F. The van der Waals surface area contributed by atoms with Gasteiger partial charge in [0.25, 0.3) is 0 Å². The van der Waals surface area contributed by atoms with Crippen molar-refractivity contribution in [1.29, 1.82) is 0 Å². The summed E-state index contributed by atoms with van der Waals surface area (Å²) in [6.07, 6.45) is -8.28. The van der Waals surface area contributed by atoms with E-state index >= 15 is 0 Å². The summed E-state index contributed by atoms with van der Waals surface area (Å²) in [6, 6.07) is 0. The Labute approximate surface area is 110 Å². The average molecular weight is 300 g/mol. The van der Waals surface area contributed by atoms with Crippen molar-refractivity contribution < 1.29 is 35.9 Å². The molecule has 0 saturated heterocycles. The molecule has 1 rings (SSSR count). The maximum Gasteiger partial charge on any atom is 0.438 e. The molecule has 0 heterocycles. The van der Waals surface area contributed by atoms with Crippen LogP contribution in [0.3, 0.4) is 0 Å². The topological polar surface area (TPSA) is 26.3 Å². The second-order valence-corrected chi connectivity index (χ2v) is 4.20. The Balaban J connectivity index is 3.43. The van der Waals surface area contributed by atoms with Crippen molar-refractivity contribution in [2.45, 2.75) is 24.9 Å². The molecule has 8 heteroatoms. The van der Waals surface area contributed by atoms with Gasteiger partial charge in [0.1, 0.15) is 0 Å². The van der Waals surface area contributed by atoms with Crippen LogP contribution in [0, 0.1) is 5.92 Å². The third-order valence-corrected chi connectivity index (χ3v) is 2.66. The second-order valence-electron chi connectivity index (χ2n) is 4.20. The van der Waals surface area contributed by atoms with Gasteiger partial charge in [-0.05, 0) is 6.92 Å². The molecular weight excluding hydrogens is 290 g/mol. The Morgan fingerprint density at radius 3 is 1.75 bits per heavy atom. The van der Waals surface area contributed by atoms with Crippen LogP contribution in [0.1, 0.15) is 6.92 Å². The van der Waals surface area contributed by atoms with Gasteiger partial charge in [0, 0.05) is 5.57 Å². The van der Waals surface area contributed by atoms with Crippen molar-refractivity contribution >= 4 is 5.97 Å². The van der Waals surface area contributed by atoms with E-state index in [1.54, 1.807) is 0 Å². The number of ether oxygens (including phenoxy) is 1. The van der Waals surface area contributed by atoms with Gasteiger partial charge in [-0.2, -0.15) is 26.3 Å². The van der Waals surface area contributed by atoms with Gasteiger partial charge in [-0.1, -0.05) is 30.9 Å². The third-order valence-electron chi connectivity index (χ3n) is 2.66. The first-order chi connectivity index (χ1) is 8.93. The summed E-state index contributed by atoms with van der Waals surface area (Å²) >= 11 is 0. The lowest BCUT2D eigenvalue weighted by Gasteiger charge is -2.39. The summed E-state index contributed by atoms with van der Waals surface area (Å²) < 4.78 is 82.1. The van der Waals surface area contributed by atoms with Gasteiger partial charge in [0.05, 0.1) is 5.92 Å². The molecule has 0 aliphatic heterocycles. The number of alkyl halides is 6. The fourth-order valence-electron chi connectivity index (χ4n) is 1.66. The lowest BCUT2D eigenvalue weighted by molar-refractivity contribution is -0.376. The van der Waals surface area contributed by atoms with Crippen LogP contribution in [0.5, 0.6) is 0 Å². The van der Waals surface area contributed by atoms with Crippen LogP contribution in [0.15, 0.2) is 36.5 Å². The van der Waals surface area contributed by atoms with E-state index in [4.69, 9.17) is 0 Å². The fraction of sp³-hybridized carbons (Fsp3) is 0.417. The summed E-state index contributed by atoms with van der Waals surface area (Å²) in [4.78, 5) is 11.2. The monoisotopic (exact) mass is 300 g/mol. The molecule has 20 heavy (non-hydrogen) atoms. The molecule has 0 aromatic heterocycles. The van der Waals surface area contributed by atoms with Crippen LogP contribution < -0.4 is 0 Å². The van der Waals surface area contributed by atoms with E-state index in [1.165, 1.54) is 0 Å². The van der Waals surface area contributed by atoms with Crippen LogP contribution >= 0.6 is 0 Å². The lowest BCUT2D eigenvalue weighted by Crippen LogP contribution is -2.63. The first kappa shape index (κ1) is 16.3. The van der Waals surface area contributed by atoms with Gasteiger partial charge in [0.15, 0.2) is 0 Å². The largest absolute Gasteiger partial charge is 0.438 e. The van der Waals surface area contributed by atoms with Gasteiger partial charge < -0.3 is 4.74 Å². The molecule has 1 aliphatic carbocycles. The molecule has 0 aromatic carbocycles. The predicted octanol–water partition coefficient (Wildman–Crippen LogP) is 3.71. The highest BCUT2D eigenvalue weighted by Crippen LogP contribution is 2.52. The average Bonchev–Trinajstić information content (AvgIpc) is 2.74. The van der Waals surface area contributed by atoms with Crippen molar-refractivity contribution in [2.75, 3.05) is 0 Å². The molecule has 2 nitrogen and oxygen atoms in total. The molecule has 0 saturated carbocycles. The number of carbonyl (C=O) groups excluding carboxylic acids is 1. The van der Waals surface area contributed by atoms with E-state index in [0.717, 1.165) is 19.1 Å². The highest BCUT2D eigenvalue weighted by Gasteiger charge is 2.76. The molecule has 0 bridgehead atoms. The molecule has 0 N–H and O–H groups in total. The number of hydrogen-bond donors (Lipinski definition) is 0. The summed E-state index contributed by atoms with van der Waals surface area (Å²) in [6.45, 7) is 3.94. The molecule has 0 amide bonds. The standard InChI is InChI=1S/C12H10F6O2/c1-7(2)9(19)20-10(11(13,14)15,12(16,17)18)8-5-3-4-6-8/h3-6,8H,1H2,2H3. The van der Waals surface area contributed by atoms with Crippen molar-refractivity contribution in [2.24, 2.45) is 5.92 Å². The second kappa shape index (κ2) is 4.99. The van der Waals surface area contributed by atoms with E-state index in [-0.39, 0.29) is 0 Å². The number of esters is 1. The minimum Gasteiger partial charge on any atom is -0.435 e. The van der Waals surface area contributed by atoms with Gasteiger partial charge in [-0.3, -0.25) is 0 Å². The van der Waals surface area contributed by atoms with E-state index in [2.05, 4.69) is 11.3 Å². The minimum atomic E-state index is -5.83. The number of allylic oxidation sites excluding steroid dienone is 2. The Kier molecular flexibility index (Phi) is 4.07. The van der Waals surface area contributed by atoms with Gasteiger partial charge >= 0.3 is 23.9 Å². The lowest BCUT2D eigenvalue weighted by atomic mass is 9.86. The van der Waals surface area contributed by atoms with Gasteiger partial charge in [-0.15, -0.1) is 0 Å². The summed E-state index contributed by atoms with van der Waals surface area (Å²) in [5.41, 5.74) is -5.19. The molecule has 0 fully saturated rings. The highest BCUT2D eigenvalue weighted by atomic mass is 19.4. The Bertz CT molecular complexity index is 443. The van der Waals surface area contributed by atoms with Crippen molar-refractivity contribution in [3.63, 3.8) is 0 Å². The molecule has 0 unspecified atom stereocenters. The van der Waals surface area contributed by atoms with Crippen LogP contribution in [0.4, 0.5) is 26.3 Å². The number of hydrogen-bond acceptors (Lipinski definition) is 2. The minimum absolute atomic E-state index is 0.561. The molecule has 112 valence electrons. The van der Waals surface area contributed by atoms with E-state index < -0.39 is 35.4 Å². The maximum absolute atomic E-state index is 13.1. The zero-order valence-electron chi connectivity index (χ0n) is 10.2. The van der Waals surface area contributed by atoms with E-state index in [0.29, 0.717) is 12.2 Å². The molecule has 0 radical (unpaired) electrons. The maximum atomic E-state index is 13.1. The zero-order valence-corrected chi connectivity index (χ0v) is 10.2. The number of halogens is 6. The predicted molar refractivity (Wildman–Crippen MR) is 57.5 cm³/mol. The van der Waals surface area contributed by atoms with E-state index in [1.807, 2.05) is 0 Å². The van der Waals surface area contributed by atoms with Crippen LogP contribution in [0.25, 0.3) is 0 Å². The Morgan fingerprint density at radius 2 is 1.45 bits per heavy atom. The van der Waals surface area contributed by atoms with E-state index in [9.17, 15) is 31.1 Å². The van der Waals surface area contributed by atoms with Crippen LogP contribution in [-0.4, -0.2) is 23.9 Å². The zero-order chi connectivity index (χ0) is 15.8. The van der Waals surface area contributed by atoms with Crippen molar-refractivity contribution in [3.8, 4) is 0 Å². The van der Waals surface area contributed by atoms with Crippen LogP contribution in [-0.2, 0) is 9.53 Å². The smallest absolute Gasteiger partial charge is 0.435 e. The van der Waals surface area contributed by atoms with Gasteiger partial charge in [0.2, 0.25) is 0 Å². The molecule has 0 spiro atoms. The summed E-state index contributed by atoms with van der Waals surface area (Å²) in [5, 5.41) is 0. The van der Waals surface area contributed by atoms with Crippen molar-refractivity contribution in [1.82, 2.24) is 0 Å². The Morgan fingerprint density at radius 1 is 1.05 bits per heavy atom. The third kappa shape index (κ3) is 2.59. The Hall–Kier alpha value is -1.73. The summed E-state index contributed by atoms with van der Waals surface area (Å²) in [7, 11) is 0. The number of rotatable bonds is 3. The normalized spacial score (nSPS) is 16.6. The molecule has 1 aliphatic rings. The highest BCUT2D eigenvalue weighted by molar-refractivity contribution is 5.87. The van der Waals surface area contributed by atoms with Crippen LogP contribution in [0.2, 0.25) is 0 Å². The molecule has 0 atom stereocenters. The fourth-order valence-corrected chi connectivity index (χ4v) is 1.66. The first-order valence-corrected chi connectivity index (χ1v) is 5.31.